The maximum Gasteiger partial charge on any atom is 0.150 e. The van der Waals surface area contributed by atoms with E-state index in [1.165, 1.54) is 56.6 Å². The van der Waals surface area contributed by atoms with Crippen molar-refractivity contribution in [2.45, 2.75) is 57.8 Å². The fourth-order valence-electron chi connectivity index (χ4n) is 3.98. The molecule has 0 atom stereocenters. The molecule has 0 heterocycles. The van der Waals surface area contributed by atoms with Gasteiger partial charge in [0.2, 0.25) is 0 Å². The average molecular weight is 392 g/mol. The van der Waals surface area contributed by atoms with Crippen LogP contribution in [0.3, 0.4) is 0 Å². The van der Waals surface area contributed by atoms with E-state index in [1.807, 2.05) is 0 Å². The maximum atomic E-state index is 13.9. The Labute approximate surface area is 173 Å². The number of benzene rings is 2. The first-order valence-electron chi connectivity index (χ1n) is 10.2. The van der Waals surface area contributed by atoms with Gasteiger partial charge in [0.05, 0.1) is 5.16 Å². The minimum atomic E-state index is -0.436. The number of aliphatic imine (C=N–C) groups is 1. The lowest BCUT2D eigenvalue weighted by Crippen LogP contribution is -2.13. The summed E-state index contributed by atoms with van der Waals surface area (Å²) >= 11 is 4.51. The Morgan fingerprint density at radius 2 is 1.68 bits per heavy atom. The molecule has 0 spiro atoms. The predicted molar refractivity (Wildman–Crippen MR) is 118 cm³/mol. The van der Waals surface area contributed by atoms with Crippen molar-refractivity contribution >= 4 is 23.1 Å². The highest BCUT2D eigenvalue weighted by atomic mass is 32.1. The van der Waals surface area contributed by atoms with E-state index in [9.17, 15) is 4.39 Å². The summed E-state index contributed by atoms with van der Waals surface area (Å²) in [4.78, 5) is 3.68. The van der Waals surface area contributed by atoms with Crippen LogP contribution in [0.2, 0.25) is 0 Å². The van der Waals surface area contributed by atoms with Crippen molar-refractivity contribution in [3.05, 3.63) is 65.0 Å². The van der Waals surface area contributed by atoms with Crippen LogP contribution < -0.4 is 0 Å². The van der Waals surface area contributed by atoms with Crippen molar-refractivity contribution in [3.63, 3.8) is 0 Å². The molecule has 1 nitrogen and oxygen atoms in total. The van der Waals surface area contributed by atoms with Gasteiger partial charge in [0.15, 0.2) is 5.82 Å². The molecule has 144 valence electrons. The van der Waals surface area contributed by atoms with Gasteiger partial charge in [0.1, 0.15) is 5.69 Å². The van der Waals surface area contributed by atoms with Crippen LogP contribution in [-0.2, 0) is 0 Å². The summed E-state index contributed by atoms with van der Waals surface area (Å²) in [6.45, 7) is 2.28. The number of nitrogens with zero attached hydrogens (tertiary/aromatic N) is 1. The van der Waals surface area contributed by atoms with Crippen molar-refractivity contribution in [1.82, 2.24) is 0 Å². The lowest BCUT2D eigenvalue weighted by molar-refractivity contribution is 0.304. The van der Waals surface area contributed by atoms with E-state index in [2.05, 4.69) is 65.4 Å². The molecule has 0 bridgehead atoms. The zero-order valence-corrected chi connectivity index (χ0v) is 17.2. The third-order valence-electron chi connectivity index (χ3n) is 5.66. The molecule has 0 unspecified atom stereocenters. The van der Waals surface area contributed by atoms with Gasteiger partial charge in [-0.3, -0.25) is 0 Å². The summed E-state index contributed by atoms with van der Waals surface area (Å²) in [5, 5.41) is 2.18. The Morgan fingerprint density at radius 3 is 2.32 bits per heavy atom. The van der Waals surface area contributed by atoms with E-state index in [0.717, 1.165) is 11.5 Å². The fraction of sp³-hybridized carbons (Fsp3) is 0.400. The van der Waals surface area contributed by atoms with E-state index < -0.39 is 5.82 Å². The van der Waals surface area contributed by atoms with E-state index >= 15 is 0 Å². The molecular weight excluding hydrogens is 365 g/mol. The predicted octanol–water partition coefficient (Wildman–Crippen LogP) is 7.42. The second-order valence-corrected chi connectivity index (χ2v) is 7.78. The number of unbranched alkanes of at least 4 members (excludes halogenated alkanes) is 1. The average Bonchev–Trinajstić information content (AvgIpc) is 2.73. The molecule has 2 aromatic rings. The number of halogens is 1. The molecule has 3 heteroatoms. The van der Waals surface area contributed by atoms with Crippen LogP contribution in [0.25, 0.3) is 0 Å². The Morgan fingerprint density at radius 1 is 1.00 bits per heavy atom. The van der Waals surface area contributed by atoms with Crippen LogP contribution in [0.1, 0.15) is 74.5 Å². The van der Waals surface area contributed by atoms with E-state index in [4.69, 9.17) is 0 Å². The second-order valence-electron chi connectivity index (χ2n) is 7.60. The Hall–Kier alpha value is -2.27. The van der Waals surface area contributed by atoms with Crippen LogP contribution in [0.4, 0.5) is 10.1 Å². The molecular formula is C25H26FNS. The van der Waals surface area contributed by atoms with Crippen LogP contribution in [0, 0.1) is 23.6 Å². The van der Waals surface area contributed by atoms with E-state index in [0.29, 0.717) is 11.5 Å². The van der Waals surface area contributed by atoms with Gasteiger partial charge in [-0.25, -0.2) is 4.39 Å². The van der Waals surface area contributed by atoms with Gasteiger partial charge in [-0.2, -0.15) is 4.99 Å². The summed E-state index contributed by atoms with van der Waals surface area (Å²) < 4.78 is 13.9. The van der Waals surface area contributed by atoms with Gasteiger partial charge in [-0.1, -0.05) is 50.2 Å². The molecule has 3 rings (SSSR count). The smallest absolute Gasteiger partial charge is 0.150 e. The molecule has 0 aromatic heterocycles. The van der Waals surface area contributed by atoms with Crippen molar-refractivity contribution < 1.29 is 4.39 Å². The number of thiocarbonyl (C=S) groups is 1. The van der Waals surface area contributed by atoms with Gasteiger partial charge >= 0.3 is 0 Å². The standard InChI is InChI=1S/C25H26FNS/c1-2-3-4-19-7-12-22(13-8-19)23-14-9-20(10-15-23)5-6-21-11-16-25(27-18-28)24(26)17-21/h9-11,14-17,19,22H,2-4,7-8,12-13H2,1H3. The molecule has 2 aromatic carbocycles. The zero-order chi connectivity index (χ0) is 19.8. The molecule has 1 aliphatic rings. The number of hydrogen-bond donors (Lipinski definition) is 0. The summed E-state index contributed by atoms with van der Waals surface area (Å²) in [5.41, 5.74) is 3.18. The maximum absolute atomic E-state index is 13.9. The Kier molecular flexibility index (Phi) is 7.54. The molecule has 0 amide bonds. The monoisotopic (exact) mass is 391 g/mol. The first kappa shape index (κ1) is 20.5. The first-order chi connectivity index (χ1) is 13.7. The molecule has 1 fully saturated rings. The highest BCUT2D eigenvalue weighted by molar-refractivity contribution is 7.78. The summed E-state index contributed by atoms with van der Waals surface area (Å²) in [6.07, 6.45) is 9.40. The zero-order valence-electron chi connectivity index (χ0n) is 16.4. The topological polar surface area (TPSA) is 12.4 Å². The second kappa shape index (κ2) is 10.3. The molecule has 0 aliphatic heterocycles. The number of rotatable bonds is 5. The van der Waals surface area contributed by atoms with Gasteiger partial charge in [0.25, 0.3) is 0 Å². The van der Waals surface area contributed by atoms with E-state index in [1.54, 1.807) is 12.1 Å². The first-order valence-corrected chi connectivity index (χ1v) is 10.6. The molecule has 0 radical (unpaired) electrons. The Balaban J connectivity index is 1.61. The lowest BCUT2D eigenvalue weighted by atomic mass is 9.77. The van der Waals surface area contributed by atoms with Crippen molar-refractivity contribution in [2.75, 3.05) is 0 Å². The van der Waals surface area contributed by atoms with Crippen LogP contribution in [0.5, 0.6) is 0 Å². The molecule has 1 saturated carbocycles. The van der Waals surface area contributed by atoms with Gasteiger partial charge < -0.3 is 0 Å². The van der Waals surface area contributed by atoms with Crippen LogP contribution >= 0.6 is 12.2 Å². The van der Waals surface area contributed by atoms with Crippen LogP contribution in [-0.4, -0.2) is 5.16 Å². The minimum absolute atomic E-state index is 0.189. The molecule has 0 N–H and O–H groups in total. The minimum Gasteiger partial charge on any atom is -0.205 e. The van der Waals surface area contributed by atoms with Crippen molar-refractivity contribution in [2.24, 2.45) is 10.9 Å². The highest BCUT2D eigenvalue weighted by Gasteiger charge is 2.21. The Bertz CT molecular complexity index is 892. The summed E-state index contributed by atoms with van der Waals surface area (Å²) in [5.74, 6) is 7.31. The summed E-state index contributed by atoms with van der Waals surface area (Å²) in [7, 11) is 0. The summed E-state index contributed by atoms with van der Waals surface area (Å²) in [6, 6.07) is 13.3. The fourth-order valence-corrected chi connectivity index (χ4v) is 4.08. The van der Waals surface area contributed by atoms with Crippen molar-refractivity contribution in [1.29, 1.82) is 0 Å². The number of hydrogen-bond acceptors (Lipinski definition) is 2. The third-order valence-corrected chi connectivity index (χ3v) is 5.75. The van der Waals surface area contributed by atoms with E-state index in [-0.39, 0.29) is 5.69 Å². The third kappa shape index (κ3) is 5.61. The quantitative estimate of drug-likeness (QED) is 0.293. The van der Waals surface area contributed by atoms with Crippen molar-refractivity contribution in [3.8, 4) is 11.8 Å². The lowest BCUT2D eigenvalue weighted by Gasteiger charge is -2.28. The van der Waals surface area contributed by atoms with Crippen LogP contribution in [0.15, 0.2) is 47.5 Å². The molecule has 28 heavy (non-hydrogen) atoms. The largest absolute Gasteiger partial charge is 0.205 e. The normalized spacial score (nSPS) is 18.6. The SMILES string of the molecule is CCCCC1CCC(c2ccc(C#Cc3ccc(N=C=S)c(F)c3)cc2)CC1. The molecule has 0 saturated heterocycles. The number of isothiocyanates is 1. The molecule has 1 aliphatic carbocycles. The van der Waals surface area contributed by atoms with Gasteiger partial charge in [-0.15, -0.1) is 0 Å². The highest BCUT2D eigenvalue weighted by Crippen LogP contribution is 2.37. The van der Waals surface area contributed by atoms with Gasteiger partial charge in [-0.05, 0) is 85.6 Å². The van der Waals surface area contributed by atoms with Gasteiger partial charge in [0, 0.05) is 11.1 Å².